The Morgan fingerprint density at radius 1 is 0.679 bits per heavy atom. The van der Waals surface area contributed by atoms with Crippen LogP contribution < -0.4 is 15.1 Å². The van der Waals surface area contributed by atoms with E-state index >= 15 is 0 Å². The molecule has 144 valence electrons. The van der Waals surface area contributed by atoms with Gasteiger partial charge in [0.25, 0.3) is 0 Å². The summed E-state index contributed by atoms with van der Waals surface area (Å²) in [5.74, 6) is 0. The molecule has 3 nitrogen and oxygen atoms in total. The van der Waals surface area contributed by atoms with Crippen LogP contribution in [-0.4, -0.2) is 26.2 Å². The van der Waals surface area contributed by atoms with Gasteiger partial charge in [0.2, 0.25) is 0 Å². The van der Waals surface area contributed by atoms with Gasteiger partial charge < -0.3 is 15.1 Å². The third-order valence-corrected chi connectivity index (χ3v) is 8.91. The lowest BCUT2D eigenvalue weighted by Gasteiger charge is -2.49. The number of nitrogens with one attached hydrogen (secondary N) is 1. The summed E-state index contributed by atoms with van der Waals surface area (Å²) in [6.45, 7) is 4.75. The molecule has 1 N–H and O–H groups in total. The highest BCUT2D eigenvalue weighted by atomic mass is 15.2. The van der Waals surface area contributed by atoms with E-state index in [9.17, 15) is 0 Å². The van der Waals surface area contributed by atoms with E-state index in [1.807, 2.05) is 0 Å². The Morgan fingerprint density at radius 3 is 2.25 bits per heavy atom. The molecular weight excluding hydrogens is 342 g/mol. The van der Waals surface area contributed by atoms with Crippen molar-refractivity contribution in [2.75, 3.05) is 41.3 Å². The number of hydrogen-bond acceptors (Lipinski definition) is 3. The third-order valence-electron chi connectivity index (χ3n) is 8.91. The first-order valence-electron chi connectivity index (χ1n) is 11.3. The molecule has 9 aliphatic heterocycles. The number of anilines is 4. The first kappa shape index (κ1) is 15.7. The number of rotatable bonds is 0. The highest BCUT2D eigenvalue weighted by molar-refractivity contribution is 5.81. The maximum absolute atomic E-state index is 3.89. The summed E-state index contributed by atoms with van der Waals surface area (Å²) in [7, 11) is 0. The van der Waals surface area contributed by atoms with Crippen molar-refractivity contribution in [1.82, 2.24) is 0 Å². The summed E-state index contributed by atoms with van der Waals surface area (Å²) in [5, 5.41) is 3.89. The number of piperidine rings is 2. The minimum absolute atomic E-state index is 0.367. The molecule has 0 radical (unpaired) electrons. The maximum atomic E-state index is 3.89. The summed E-state index contributed by atoms with van der Waals surface area (Å²) in [6, 6.07) is 14.7. The van der Waals surface area contributed by atoms with Crippen LogP contribution in [0.2, 0.25) is 0 Å². The van der Waals surface area contributed by atoms with Crippen LogP contribution in [0.5, 0.6) is 0 Å². The molecule has 10 aliphatic rings. The van der Waals surface area contributed by atoms with Crippen LogP contribution in [0.4, 0.5) is 22.7 Å². The van der Waals surface area contributed by atoms with E-state index in [1.165, 1.54) is 93.9 Å². The molecule has 2 saturated heterocycles. The van der Waals surface area contributed by atoms with Gasteiger partial charge in [-0.25, -0.2) is 0 Å². The molecule has 3 heteroatoms. The highest BCUT2D eigenvalue weighted by Gasteiger charge is 2.44. The van der Waals surface area contributed by atoms with E-state index in [4.69, 9.17) is 0 Å². The van der Waals surface area contributed by atoms with Crippen LogP contribution in [0, 0.1) is 0 Å². The van der Waals surface area contributed by atoms with Crippen molar-refractivity contribution in [3.63, 3.8) is 0 Å². The van der Waals surface area contributed by atoms with Crippen molar-refractivity contribution in [2.45, 2.75) is 55.8 Å². The minimum atomic E-state index is 0.367. The quantitative estimate of drug-likeness (QED) is 0.676. The second-order valence-corrected chi connectivity index (χ2v) is 9.98. The number of nitrogens with zero attached hydrogens (tertiary/aromatic N) is 2. The van der Waals surface area contributed by atoms with Gasteiger partial charge >= 0.3 is 0 Å². The van der Waals surface area contributed by atoms with E-state index in [2.05, 4.69) is 51.5 Å². The summed E-state index contributed by atoms with van der Waals surface area (Å²) in [6.07, 6.45) is 9.32. The predicted molar refractivity (Wildman–Crippen MR) is 116 cm³/mol. The monoisotopic (exact) mass is 371 g/mol. The first-order chi connectivity index (χ1) is 13.7. The molecule has 0 amide bonds. The van der Waals surface area contributed by atoms with E-state index < -0.39 is 0 Å². The summed E-state index contributed by atoms with van der Waals surface area (Å²) < 4.78 is 0. The Balaban J connectivity index is 1.59. The smallest absolute Gasteiger partial charge is 0.0626 e. The maximum Gasteiger partial charge on any atom is 0.0626 e. The van der Waals surface area contributed by atoms with Gasteiger partial charge in [0, 0.05) is 43.0 Å². The van der Waals surface area contributed by atoms with Crippen molar-refractivity contribution in [1.29, 1.82) is 0 Å². The normalized spacial score (nSPS) is 25.0. The molecule has 2 fully saturated rings. The topological polar surface area (TPSA) is 18.5 Å². The fourth-order valence-electron chi connectivity index (χ4n) is 7.12. The standard InChI is InChI=1S/C25H29N3/c1-6-24-8-12-27(13-9-24)19-3-5-22-23(17-19)28-14-10-25(7-1,11-15-28)20-16-18(24)2-4-21(20)26-22/h2-5,16-17,26H,1,6-15H2. The fraction of sp³-hybridized carbons (Fsp3) is 0.520. The van der Waals surface area contributed by atoms with Crippen LogP contribution in [0.1, 0.15) is 56.1 Å². The first-order valence-corrected chi connectivity index (χ1v) is 11.3. The minimum Gasteiger partial charge on any atom is -0.371 e. The Kier molecular flexibility index (Phi) is 2.95. The van der Waals surface area contributed by atoms with Crippen LogP contribution in [-0.2, 0) is 10.8 Å². The second-order valence-electron chi connectivity index (χ2n) is 9.98. The second kappa shape index (κ2) is 5.25. The summed E-state index contributed by atoms with van der Waals surface area (Å²) in [5.41, 5.74) is 9.52. The fourth-order valence-corrected chi connectivity index (χ4v) is 7.12. The molecule has 0 aromatic heterocycles. The van der Waals surface area contributed by atoms with E-state index in [0.29, 0.717) is 10.8 Å². The van der Waals surface area contributed by atoms with E-state index in [1.54, 1.807) is 11.1 Å². The number of fused-ring (bicyclic) bond motifs is 3. The van der Waals surface area contributed by atoms with Gasteiger partial charge in [0.05, 0.1) is 11.4 Å². The zero-order valence-corrected chi connectivity index (χ0v) is 16.6. The number of hydrogen-bond donors (Lipinski definition) is 1. The highest BCUT2D eigenvalue weighted by Crippen LogP contribution is 2.53. The van der Waals surface area contributed by atoms with E-state index in [0.717, 1.165) is 0 Å². The van der Waals surface area contributed by atoms with Gasteiger partial charge in [-0.05, 0) is 79.3 Å². The van der Waals surface area contributed by atoms with Gasteiger partial charge in [-0.3, -0.25) is 0 Å². The molecule has 10 bridgehead atoms. The van der Waals surface area contributed by atoms with Gasteiger partial charge in [-0.1, -0.05) is 18.6 Å². The van der Waals surface area contributed by atoms with Crippen LogP contribution in [0.15, 0.2) is 36.4 Å². The Morgan fingerprint density at radius 2 is 1.39 bits per heavy atom. The van der Waals surface area contributed by atoms with Crippen LogP contribution in [0.3, 0.4) is 0 Å². The zero-order valence-electron chi connectivity index (χ0n) is 16.6. The SMILES string of the molecule is c1cc2c3cc1N1CCC4(CCCC5(CCN3CC5)c3cc4ccc3N2)CC1. The van der Waals surface area contributed by atoms with Gasteiger partial charge in [-0.15, -0.1) is 0 Å². The molecule has 2 aromatic carbocycles. The van der Waals surface area contributed by atoms with Crippen molar-refractivity contribution >= 4 is 22.7 Å². The van der Waals surface area contributed by atoms with Crippen molar-refractivity contribution in [3.05, 3.63) is 47.5 Å². The Hall–Kier alpha value is -2.16. The molecule has 0 saturated carbocycles. The van der Waals surface area contributed by atoms with E-state index in [-0.39, 0.29) is 0 Å². The van der Waals surface area contributed by atoms with Crippen molar-refractivity contribution < 1.29 is 0 Å². The van der Waals surface area contributed by atoms with Crippen LogP contribution >= 0.6 is 0 Å². The van der Waals surface area contributed by atoms with Gasteiger partial charge in [0.1, 0.15) is 0 Å². The van der Waals surface area contributed by atoms with Gasteiger partial charge in [-0.2, -0.15) is 0 Å². The van der Waals surface area contributed by atoms with Crippen molar-refractivity contribution in [2.24, 2.45) is 0 Å². The molecule has 28 heavy (non-hydrogen) atoms. The lowest BCUT2D eigenvalue weighted by Crippen LogP contribution is -2.46. The number of benzene rings is 2. The molecule has 2 aromatic rings. The summed E-state index contributed by atoms with van der Waals surface area (Å²) >= 11 is 0. The molecule has 0 unspecified atom stereocenters. The average molecular weight is 372 g/mol. The summed E-state index contributed by atoms with van der Waals surface area (Å²) in [4.78, 5) is 5.30. The van der Waals surface area contributed by atoms with Crippen molar-refractivity contribution in [3.8, 4) is 0 Å². The molecule has 12 rings (SSSR count). The lowest BCUT2D eigenvalue weighted by molar-refractivity contribution is 0.247. The average Bonchev–Trinajstić information content (AvgIpc) is 2.84. The van der Waals surface area contributed by atoms with Crippen LogP contribution in [0.25, 0.3) is 0 Å². The third kappa shape index (κ3) is 1.95. The van der Waals surface area contributed by atoms with Gasteiger partial charge in [0.15, 0.2) is 0 Å². The molecular formula is C25H29N3. The molecule has 1 aliphatic carbocycles. The Labute approximate surface area is 167 Å². The lowest BCUT2D eigenvalue weighted by atomic mass is 9.61. The predicted octanol–water partition coefficient (Wildman–Crippen LogP) is 5.32. The zero-order chi connectivity index (χ0) is 18.3. The molecule has 9 heterocycles. The Bertz CT molecular complexity index is 962. The largest absolute Gasteiger partial charge is 0.371 e. The molecule has 0 atom stereocenters. The molecule has 2 spiro atoms.